The smallest absolute Gasteiger partial charge is 0.274 e. The van der Waals surface area contributed by atoms with Gasteiger partial charge in [-0.3, -0.25) is 4.79 Å². The van der Waals surface area contributed by atoms with E-state index in [9.17, 15) is 13.2 Å². The molecule has 0 aliphatic carbocycles. The lowest BCUT2D eigenvalue weighted by Crippen LogP contribution is -2.38. The van der Waals surface area contributed by atoms with Crippen molar-refractivity contribution in [2.45, 2.75) is 24.6 Å². The fourth-order valence-corrected chi connectivity index (χ4v) is 3.45. The number of furan rings is 1. The third kappa shape index (κ3) is 3.17. The first-order valence-electron chi connectivity index (χ1n) is 6.98. The summed E-state index contributed by atoms with van der Waals surface area (Å²) in [6.07, 6.45) is 2.87. The topological polar surface area (TPSA) is 94.2 Å². The number of nitrogens with one attached hydrogen (secondary N) is 1. The molecule has 8 heteroatoms. The summed E-state index contributed by atoms with van der Waals surface area (Å²) < 4.78 is 32.8. The van der Waals surface area contributed by atoms with Gasteiger partial charge in [0, 0.05) is 11.4 Å². The minimum absolute atomic E-state index is 0.115. The van der Waals surface area contributed by atoms with E-state index in [4.69, 9.17) is 4.42 Å². The molecule has 1 aromatic carbocycles. The van der Waals surface area contributed by atoms with Gasteiger partial charge >= 0.3 is 0 Å². The second kappa shape index (κ2) is 5.98. The van der Waals surface area contributed by atoms with E-state index in [0.29, 0.717) is 5.39 Å². The summed E-state index contributed by atoms with van der Waals surface area (Å²) in [5.74, 6) is 0. The molecule has 0 amide bonds. The first kappa shape index (κ1) is 15.4. The van der Waals surface area contributed by atoms with Crippen LogP contribution in [0, 0.1) is 0 Å². The number of hydrogen-bond acceptors (Lipinski definition) is 5. The van der Waals surface area contributed by atoms with Crippen LogP contribution < -0.4 is 10.3 Å². The minimum atomic E-state index is -3.75. The predicted octanol–water partition coefficient (Wildman–Crippen LogP) is 1.36. The molecule has 0 aliphatic heterocycles. The van der Waals surface area contributed by atoms with Crippen LogP contribution >= 0.6 is 0 Å². The van der Waals surface area contributed by atoms with Crippen molar-refractivity contribution in [2.24, 2.45) is 0 Å². The highest BCUT2D eigenvalue weighted by atomic mass is 32.2. The average Bonchev–Trinajstić information content (AvgIpc) is 3.05. The van der Waals surface area contributed by atoms with E-state index in [2.05, 4.69) is 9.82 Å². The van der Waals surface area contributed by atoms with Crippen molar-refractivity contribution in [3.05, 3.63) is 59.2 Å². The van der Waals surface area contributed by atoms with Gasteiger partial charge in [0.05, 0.1) is 24.4 Å². The summed E-state index contributed by atoms with van der Waals surface area (Å²) in [4.78, 5) is 12.4. The summed E-state index contributed by atoms with van der Waals surface area (Å²) in [6.45, 7) is 1.77. The molecule has 2 aromatic heterocycles. The quantitative estimate of drug-likeness (QED) is 0.761. The molecule has 0 unspecified atom stereocenters. The summed E-state index contributed by atoms with van der Waals surface area (Å²) >= 11 is 0. The molecule has 0 aliphatic rings. The van der Waals surface area contributed by atoms with E-state index in [1.54, 1.807) is 31.3 Å². The van der Waals surface area contributed by atoms with E-state index in [0.717, 1.165) is 5.39 Å². The third-order valence-electron chi connectivity index (χ3n) is 3.32. The lowest BCUT2D eigenvalue weighted by molar-refractivity contribution is 0.432. The zero-order chi connectivity index (χ0) is 16.4. The van der Waals surface area contributed by atoms with Gasteiger partial charge in [-0.1, -0.05) is 18.2 Å². The molecule has 0 saturated heterocycles. The number of sulfonamides is 1. The number of rotatable bonds is 5. The van der Waals surface area contributed by atoms with Crippen LogP contribution in [0.1, 0.15) is 6.92 Å². The van der Waals surface area contributed by atoms with Crippen molar-refractivity contribution >= 4 is 20.8 Å². The molecule has 23 heavy (non-hydrogen) atoms. The summed E-state index contributed by atoms with van der Waals surface area (Å²) in [5, 5.41) is 5.21. The molecule has 120 valence electrons. The Bertz CT molecular complexity index is 977. The molecule has 0 radical (unpaired) electrons. The fourth-order valence-electron chi connectivity index (χ4n) is 2.29. The first-order chi connectivity index (χ1) is 11.0. The molecule has 1 N–H and O–H groups in total. The molecule has 3 aromatic rings. The first-order valence-corrected chi connectivity index (χ1v) is 8.46. The van der Waals surface area contributed by atoms with Gasteiger partial charge in [-0.25, -0.2) is 17.8 Å². The Morgan fingerprint density at radius 2 is 2.04 bits per heavy atom. The van der Waals surface area contributed by atoms with Crippen LogP contribution in [0.5, 0.6) is 0 Å². The van der Waals surface area contributed by atoms with Gasteiger partial charge in [0.2, 0.25) is 5.09 Å². The van der Waals surface area contributed by atoms with Crippen LogP contribution in [0.25, 0.3) is 10.8 Å². The van der Waals surface area contributed by atoms with Gasteiger partial charge in [-0.15, -0.1) is 0 Å². The lowest BCUT2D eigenvalue weighted by atomic mass is 10.2. The van der Waals surface area contributed by atoms with E-state index in [1.165, 1.54) is 23.1 Å². The Morgan fingerprint density at radius 3 is 2.78 bits per heavy atom. The molecule has 0 spiro atoms. The Hall–Kier alpha value is -2.45. The van der Waals surface area contributed by atoms with Gasteiger partial charge in [0.15, 0.2) is 0 Å². The number of benzene rings is 1. The molecule has 1 atom stereocenters. The SMILES string of the molecule is C[C@H](Cn1ncc2ccccc2c1=O)NS(=O)(=O)c1ccco1. The van der Waals surface area contributed by atoms with Crippen LogP contribution in [-0.4, -0.2) is 24.2 Å². The van der Waals surface area contributed by atoms with Crippen molar-refractivity contribution in [1.82, 2.24) is 14.5 Å². The standard InChI is InChI=1S/C15H15N3O4S/c1-11(17-23(20,21)14-7-4-8-22-14)10-18-15(19)13-6-3-2-5-12(13)9-16-18/h2-9,11,17H,10H2,1H3/t11-/m1/s1. The predicted molar refractivity (Wildman–Crippen MR) is 84.5 cm³/mol. The zero-order valence-electron chi connectivity index (χ0n) is 12.3. The van der Waals surface area contributed by atoms with Crippen molar-refractivity contribution in [1.29, 1.82) is 0 Å². The fraction of sp³-hybridized carbons (Fsp3) is 0.200. The Morgan fingerprint density at radius 1 is 1.26 bits per heavy atom. The van der Waals surface area contributed by atoms with Crippen molar-refractivity contribution in [3.63, 3.8) is 0 Å². The van der Waals surface area contributed by atoms with E-state index in [-0.39, 0.29) is 17.2 Å². The Labute approximate surface area is 132 Å². The van der Waals surface area contributed by atoms with Gasteiger partial charge in [0.25, 0.3) is 15.6 Å². The van der Waals surface area contributed by atoms with Gasteiger partial charge < -0.3 is 4.42 Å². The summed E-state index contributed by atoms with van der Waals surface area (Å²) in [5.41, 5.74) is -0.257. The van der Waals surface area contributed by atoms with Crippen LogP contribution in [0.15, 0.2) is 63.2 Å². The maximum atomic E-state index is 12.4. The molecule has 0 bridgehead atoms. The van der Waals surface area contributed by atoms with E-state index in [1.807, 2.05) is 6.07 Å². The molecule has 0 saturated carbocycles. The largest absolute Gasteiger partial charge is 0.452 e. The van der Waals surface area contributed by atoms with Crippen LogP contribution in [0.3, 0.4) is 0 Å². The zero-order valence-corrected chi connectivity index (χ0v) is 13.2. The minimum Gasteiger partial charge on any atom is -0.452 e. The molecule has 3 rings (SSSR count). The van der Waals surface area contributed by atoms with Crippen LogP contribution in [0.4, 0.5) is 0 Å². The highest BCUT2D eigenvalue weighted by Gasteiger charge is 2.20. The Balaban J connectivity index is 1.82. The molecule has 7 nitrogen and oxygen atoms in total. The lowest BCUT2D eigenvalue weighted by Gasteiger charge is -2.14. The Kier molecular flexibility index (Phi) is 4.01. The summed E-state index contributed by atoms with van der Waals surface area (Å²) in [6, 6.07) is 9.44. The second-order valence-corrected chi connectivity index (χ2v) is 6.82. The van der Waals surface area contributed by atoms with Crippen LogP contribution in [0.2, 0.25) is 0 Å². The highest BCUT2D eigenvalue weighted by Crippen LogP contribution is 2.10. The third-order valence-corrected chi connectivity index (χ3v) is 4.80. The van der Waals surface area contributed by atoms with Crippen molar-refractivity contribution in [2.75, 3.05) is 0 Å². The molecular formula is C15H15N3O4S. The number of aromatic nitrogens is 2. The monoisotopic (exact) mass is 333 g/mol. The maximum absolute atomic E-state index is 12.4. The van der Waals surface area contributed by atoms with Crippen molar-refractivity contribution < 1.29 is 12.8 Å². The maximum Gasteiger partial charge on any atom is 0.274 e. The van der Waals surface area contributed by atoms with Gasteiger partial charge in [-0.2, -0.15) is 5.10 Å². The number of hydrogen-bond donors (Lipinski definition) is 1. The molecule has 0 fully saturated rings. The van der Waals surface area contributed by atoms with Crippen molar-refractivity contribution in [3.8, 4) is 0 Å². The number of fused-ring (bicyclic) bond motifs is 1. The highest BCUT2D eigenvalue weighted by molar-refractivity contribution is 7.89. The summed E-state index contributed by atoms with van der Waals surface area (Å²) in [7, 11) is -3.75. The average molecular weight is 333 g/mol. The second-order valence-electron chi connectivity index (χ2n) is 5.17. The molecular weight excluding hydrogens is 318 g/mol. The normalized spacial score (nSPS) is 13.3. The van der Waals surface area contributed by atoms with E-state index >= 15 is 0 Å². The molecule has 2 heterocycles. The van der Waals surface area contributed by atoms with Crippen LogP contribution in [-0.2, 0) is 16.6 Å². The number of nitrogens with zero attached hydrogens (tertiary/aromatic N) is 2. The van der Waals surface area contributed by atoms with Gasteiger partial charge in [-0.05, 0) is 25.1 Å². The van der Waals surface area contributed by atoms with E-state index < -0.39 is 16.1 Å². The van der Waals surface area contributed by atoms with Gasteiger partial charge in [0.1, 0.15) is 0 Å².